The van der Waals surface area contributed by atoms with E-state index in [9.17, 15) is 26.4 Å². The van der Waals surface area contributed by atoms with E-state index < -0.39 is 32.7 Å². The molecule has 0 bridgehead atoms. The van der Waals surface area contributed by atoms with Crippen molar-refractivity contribution in [1.82, 2.24) is 14.9 Å². The number of halogens is 3. The molecule has 41 heavy (non-hydrogen) atoms. The summed E-state index contributed by atoms with van der Waals surface area (Å²) in [5.41, 5.74) is 2.98. The summed E-state index contributed by atoms with van der Waals surface area (Å²) in [4.78, 5) is 14.9. The molecular weight excluding hydrogens is 551 g/mol. The van der Waals surface area contributed by atoms with Crippen LogP contribution in [0.3, 0.4) is 0 Å². The number of hydrogen-bond acceptors (Lipinski definition) is 4. The third-order valence-electron chi connectivity index (χ3n) is 7.39. The van der Waals surface area contributed by atoms with Gasteiger partial charge in [0.2, 0.25) is 15.9 Å². The van der Waals surface area contributed by atoms with Crippen LogP contribution in [-0.4, -0.2) is 39.9 Å². The second-order valence-electron chi connectivity index (χ2n) is 10.9. The molecule has 0 radical (unpaired) electrons. The third-order valence-corrected chi connectivity index (χ3v) is 8.85. The molecule has 2 N–H and O–H groups in total. The van der Waals surface area contributed by atoms with Crippen molar-refractivity contribution in [3.05, 3.63) is 101 Å². The smallest absolute Gasteiger partial charge is 0.349 e. The first-order valence-corrected chi connectivity index (χ1v) is 15.1. The number of amides is 1. The Bertz CT molecular complexity index is 1460. The first kappa shape index (κ1) is 30.7. The van der Waals surface area contributed by atoms with Gasteiger partial charge in [0.15, 0.2) is 0 Å². The molecule has 1 unspecified atom stereocenters. The number of carbonyl (C=O) groups excluding carboxylic acids is 1. The van der Waals surface area contributed by atoms with Crippen molar-refractivity contribution < 1.29 is 26.4 Å². The summed E-state index contributed by atoms with van der Waals surface area (Å²) >= 11 is 0. The molecule has 220 valence electrons. The van der Waals surface area contributed by atoms with Crippen molar-refractivity contribution in [1.29, 1.82) is 0 Å². The summed E-state index contributed by atoms with van der Waals surface area (Å²) in [6.07, 6.45) is -2.31. The number of nitrogens with zero attached hydrogens (tertiary/aromatic N) is 1. The highest BCUT2D eigenvalue weighted by atomic mass is 32.2. The third kappa shape index (κ3) is 7.96. The predicted octanol–water partition coefficient (Wildman–Crippen LogP) is 5.97. The van der Waals surface area contributed by atoms with Crippen LogP contribution in [0.5, 0.6) is 0 Å². The molecule has 3 aromatic rings. The normalized spacial score (nSPS) is 17.1. The topological polar surface area (TPSA) is 78.5 Å². The summed E-state index contributed by atoms with van der Waals surface area (Å²) in [7, 11) is -0.284. The predicted molar refractivity (Wildman–Crippen MR) is 153 cm³/mol. The van der Waals surface area contributed by atoms with Gasteiger partial charge in [-0.2, -0.15) is 13.2 Å². The van der Waals surface area contributed by atoms with Crippen LogP contribution in [-0.2, 0) is 27.4 Å². The van der Waals surface area contributed by atoms with Crippen LogP contribution in [0.2, 0.25) is 0 Å². The van der Waals surface area contributed by atoms with E-state index in [4.69, 9.17) is 0 Å². The molecule has 4 rings (SSSR count). The number of fused-ring (bicyclic) bond motifs is 1. The maximum absolute atomic E-state index is 13.3. The first-order chi connectivity index (χ1) is 19.3. The average molecular weight is 588 g/mol. The molecule has 3 aromatic carbocycles. The molecular formula is C31H36F3N3O3S. The molecule has 0 aliphatic heterocycles. The molecule has 0 fully saturated rings. The molecule has 6 nitrogen and oxygen atoms in total. The fourth-order valence-corrected chi connectivity index (χ4v) is 6.66. The quantitative estimate of drug-likeness (QED) is 0.306. The SMILES string of the molecule is CC(CN(C)C)c1ccc2c(c1)CCC[C@H]2NC(=O)C[C@@H](NS(=O)(=O)c1cccc(C(F)(F)F)c1)c1ccccc1. The van der Waals surface area contributed by atoms with Crippen LogP contribution in [0, 0.1) is 0 Å². The Labute approximate surface area is 240 Å². The molecule has 0 saturated heterocycles. The van der Waals surface area contributed by atoms with E-state index in [1.807, 2.05) is 14.1 Å². The summed E-state index contributed by atoms with van der Waals surface area (Å²) in [6, 6.07) is 17.3. The lowest BCUT2D eigenvalue weighted by atomic mass is 9.84. The molecule has 0 heterocycles. The summed E-state index contributed by atoms with van der Waals surface area (Å²) < 4.78 is 68.5. The van der Waals surface area contributed by atoms with E-state index in [2.05, 4.69) is 40.1 Å². The number of rotatable bonds is 10. The van der Waals surface area contributed by atoms with Crippen molar-refractivity contribution in [3.63, 3.8) is 0 Å². The second kappa shape index (κ2) is 12.8. The number of aryl methyl sites for hydroxylation is 1. The highest BCUT2D eigenvalue weighted by molar-refractivity contribution is 7.89. The van der Waals surface area contributed by atoms with Crippen LogP contribution in [0.1, 0.15) is 72.0 Å². The van der Waals surface area contributed by atoms with Gasteiger partial charge < -0.3 is 10.2 Å². The van der Waals surface area contributed by atoms with E-state index in [1.165, 1.54) is 11.1 Å². The van der Waals surface area contributed by atoms with Crippen molar-refractivity contribution in [2.75, 3.05) is 20.6 Å². The van der Waals surface area contributed by atoms with Gasteiger partial charge in [0, 0.05) is 13.0 Å². The minimum absolute atomic E-state index is 0.207. The fourth-order valence-electron chi connectivity index (χ4n) is 5.39. The van der Waals surface area contributed by atoms with Gasteiger partial charge in [0.1, 0.15) is 0 Å². The van der Waals surface area contributed by atoms with E-state index >= 15 is 0 Å². The van der Waals surface area contributed by atoms with Crippen molar-refractivity contribution in [2.45, 2.75) is 61.7 Å². The summed E-state index contributed by atoms with van der Waals surface area (Å²) in [6.45, 7) is 3.12. The monoisotopic (exact) mass is 587 g/mol. The van der Waals surface area contributed by atoms with Crippen molar-refractivity contribution in [3.8, 4) is 0 Å². The Balaban J connectivity index is 1.52. The number of benzene rings is 3. The molecule has 0 spiro atoms. The molecule has 1 amide bonds. The van der Waals surface area contributed by atoms with Gasteiger partial charge in [0.25, 0.3) is 0 Å². The Morgan fingerprint density at radius 1 is 1.00 bits per heavy atom. The van der Waals surface area contributed by atoms with Crippen LogP contribution in [0.25, 0.3) is 0 Å². The molecule has 10 heteroatoms. The highest BCUT2D eigenvalue weighted by Gasteiger charge is 2.33. The van der Waals surface area contributed by atoms with Crippen LogP contribution >= 0.6 is 0 Å². The zero-order valence-electron chi connectivity index (χ0n) is 23.4. The minimum Gasteiger partial charge on any atom is -0.349 e. The number of likely N-dealkylation sites (N-methyl/N-ethyl adjacent to an activating group) is 1. The van der Waals surface area contributed by atoms with Gasteiger partial charge in [-0.05, 0) is 79.7 Å². The lowest BCUT2D eigenvalue weighted by Gasteiger charge is -2.29. The number of alkyl halides is 3. The van der Waals surface area contributed by atoms with Gasteiger partial charge in [-0.25, -0.2) is 13.1 Å². The van der Waals surface area contributed by atoms with Gasteiger partial charge in [-0.15, -0.1) is 0 Å². The van der Waals surface area contributed by atoms with Crippen molar-refractivity contribution >= 4 is 15.9 Å². The second-order valence-corrected chi connectivity index (χ2v) is 12.7. The average Bonchev–Trinajstić information content (AvgIpc) is 2.92. The molecule has 0 saturated carbocycles. The maximum Gasteiger partial charge on any atom is 0.416 e. The summed E-state index contributed by atoms with van der Waals surface area (Å²) in [5.74, 6) is 0.00949. The summed E-state index contributed by atoms with van der Waals surface area (Å²) in [5, 5.41) is 3.08. The molecule has 1 aliphatic rings. The Morgan fingerprint density at radius 3 is 2.41 bits per heavy atom. The lowest BCUT2D eigenvalue weighted by molar-refractivity contribution is -0.137. The van der Waals surface area contributed by atoms with Crippen molar-refractivity contribution in [2.24, 2.45) is 0 Å². The Hall–Kier alpha value is -3.21. The molecule has 0 aromatic heterocycles. The van der Waals surface area contributed by atoms with Gasteiger partial charge in [-0.3, -0.25) is 4.79 Å². The number of sulfonamides is 1. The van der Waals surface area contributed by atoms with Crippen LogP contribution in [0.15, 0.2) is 77.7 Å². The van der Waals surface area contributed by atoms with Crippen LogP contribution < -0.4 is 10.0 Å². The standard InChI is InChI=1S/C31H36F3N3O3S/c1-21(20-37(2)3)23-15-16-27-24(17-23)11-7-14-28(27)35-30(38)19-29(22-9-5-4-6-10-22)36-41(39,40)26-13-8-12-25(18-26)31(32,33)34/h4-6,8-10,12-13,15-18,21,28-29,36H,7,11,14,19-20H2,1-3H3,(H,35,38)/t21?,28-,29-/m1/s1. The fraction of sp³-hybridized carbons (Fsp3) is 0.387. The zero-order valence-corrected chi connectivity index (χ0v) is 24.2. The van der Waals surface area contributed by atoms with Gasteiger partial charge >= 0.3 is 6.18 Å². The first-order valence-electron chi connectivity index (χ1n) is 13.6. The lowest BCUT2D eigenvalue weighted by Crippen LogP contribution is -2.36. The highest BCUT2D eigenvalue weighted by Crippen LogP contribution is 2.33. The van der Waals surface area contributed by atoms with E-state index in [0.29, 0.717) is 17.5 Å². The molecule has 1 aliphatic carbocycles. The molecule has 3 atom stereocenters. The van der Waals surface area contributed by atoms with E-state index in [1.54, 1.807) is 30.3 Å². The van der Waals surface area contributed by atoms with Crippen LogP contribution in [0.4, 0.5) is 13.2 Å². The maximum atomic E-state index is 13.3. The number of hydrogen-bond donors (Lipinski definition) is 2. The number of carbonyl (C=O) groups is 1. The van der Waals surface area contributed by atoms with E-state index in [-0.39, 0.29) is 18.4 Å². The zero-order chi connectivity index (χ0) is 29.8. The van der Waals surface area contributed by atoms with Gasteiger partial charge in [-0.1, -0.05) is 61.5 Å². The van der Waals surface area contributed by atoms with E-state index in [0.717, 1.165) is 49.6 Å². The largest absolute Gasteiger partial charge is 0.416 e. The number of nitrogens with one attached hydrogen (secondary N) is 2. The Kier molecular flexibility index (Phi) is 9.56. The minimum atomic E-state index is -4.69. The Morgan fingerprint density at radius 2 is 1.73 bits per heavy atom. The van der Waals surface area contributed by atoms with Gasteiger partial charge in [0.05, 0.1) is 22.5 Å².